The minimum absolute atomic E-state index is 0.232. The first-order valence-electron chi connectivity index (χ1n) is 6.58. The summed E-state index contributed by atoms with van der Waals surface area (Å²) in [6.07, 6.45) is -2.74. The number of carbonyl (C=O) groups excluding carboxylic acids is 1. The molecule has 110 valence electrons. The minimum atomic E-state index is -4.27. The van der Waals surface area contributed by atoms with Crippen molar-refractivity contribution in [3.63, 3.8) is 0 Å². The van der Waals surface area contributed by atoms with Crippen molar-refractivity contribution in [3.05, 3.63) is 24.0 Å². The van der Waals surface area contributed by atoms with Gasteiger partial charge in [-0.25, -0.2) is 0 Å². The molecule has 0 radical (unpaired) electrons. The van der Waals surface area contributed by atoms with E-state index in [1.165, 1.54) is 4.90 Å². The standard InChI is InChI=1S/C13H16F3N3O/c14-13(15,16)6-3-12(20)19-8-4-10(5-9-19)11-2-1-7-17-18-11/h1-2,7,10H,3-6,8-9H2. The van der Waals surface area contributed by atoms with Gasteiger partial charge in [0.1, 0.15) is 0 Å². The van der Waals surface area contributed by atoms with Crippen molar-refractivity contribution in [1.82, 2.24) is 15.1 Å². The molecule has 0 unspecified atom stereocenters. The Morgan fingerprint density at radius 3 is 2.60 bits per heavy atom. The number of amides is 1. The van der Waals surface area contributed by atoms with Crippen LogP contribution in [0.4, 0.5) is 13.2 Å². The number of alkyl halides is 3. The quantitative estimate of drug-likeness (QED) is 0.858. The number of likely N-dealkylation sites (tertiary alicyclic amines) is 1. The Labute approximate surface area is 115 Å². The van der Waals surface area contributed by atoms with E-state index in [0.29, 0.717) is 13.1 Å². The molecule has 1 saturated heterocycles. The van der Waals surface area contributed by atoms with Crippen molar-refractivity contribution in [1.29, 1.82) is 0 Å². The van der Waals surface area contributed by atoms with E-state index in [1.54, 1.807) is 6.20 Å². The molecule has 1 aromatic rings. The number of carbonyl (C=O) groups is 1. The average molecular weight is 287 g/mol. The summed E-state index contributed by atoms with van der Waals surface area (Å²) >= 11 is 0. The fourth-order valence-electron chi connectivity index (χ4n) is 2.36. The molecule has 1 aliphatic heterocycles. The van der Waals surface area contributed by atoms with Gasteiger partial charge >= 0.3 is 6.18 Å². The third-order valence-corrected chi connectivity index (χ3v) is 3.48. The Bertz CT molecular complexity index is 442. The zero-order chi connectivity index (χ0) is 14.6. The van der Waals surface area contributed by atoms with Crippen LogP contribution in [-0.4, -0.2) is 40.3 Å². The molecule has 7 heteroatoms. The molecule has 2 rings (SSSR count). The van der Waals surface area contributed by atoms with Crippen molar-refractivity contribution < 1.29 is 18.0 Å². The third-order valence-electron chi connectivity index (χ3n) is 3.48. The summed E-state index contributed by atoms with van der Waals surface area (Å²) in [6.45, 7) is 0.968. The van der Waals surface area contributed by atoms with Crippen molar-refractivity contribution in [2.24, 2.45) is 0 Å². The molecule has 4 nitrogen and oxygen atoms in total. The summed E-state index contributed by atoms with van der Waals surface area (Å²) < 4.78 is 36.2. The predicted octanol–water partition coefficient (Wildman–Crippen LogP) is 2.53. The molecule has 2 heterocycles. The molecule has 1 aliphatic rings. The highest BCUT2D eigenvalue weighted by molar-refractivity contribution is 5.76. The van der Waals surface area contributed by atoms with Crippen molar-refractivity contribution in [3.8, 4) is 0 Å². The van der Waals surface area contributed by atoms with Gasteiger partial charge < -0.3 is 4.90 Å². The van der Waals surface area contributed by atoms with Gasteiger partial charge in [0.15, 0.2) is 0 Å². The van der Waals surface area contributed by atoms with Crippen LogP contribution in [-0.2, 0) is 4.79 Å². The molecular weight excluding hydrogens is 271 g/mol. The zero-order valence-electron chi connectivity index (χ0n) is 10.9. The Kier molecular flexibility index (Phi) is 4.57. The number of halogens is 3. The maximum atomic E-state index is 12.1. The smallest absolute Gasteiger partial charge is 0.343 e. The monoisotopic (exact) mass is 287 g/mol. The highest BCUT2D eigenvalue weighted by Crippen LogP contribution is 2.27. The van der Waals surface area contributed by atoms with Crippen molar-refractivity contribution in [2.45, 2.75) is 37.8 Å². The topological polar surface area (TPSA) is 46.1 Å². The highest BCUT2D eigenvalue weighted by atomic mass is 19.4. The normalized spacial score (nSPS) is 17.2. The highest BCUT2D eigenvalue weighted by Gasteiger charge is 2.30. The lowest BCUT2D eigenvalue weighted by Gasteiger charge is -2.31. The van der Waals surface area contributed by atoms with E-state index < -0.39 is 24.9 Å². The minimum Gasteiger partial charge on any atom is -0.343 e. The number of piperidine rings is 1. The van der Waals surface area contributed by atoms with Gasteiger partial charge in [-0.05, 0) is 25.0 Å². The average Bonchev–Trinajstić information content (AvgIpc) is 2.45. The van der Waals surface area contributed by atoms with Crippen molar-refractivity contribution in [2.75, 3.05) is 13.1 Å². The Morgan fingerprint density at radius 1 is 1.35 bits per heavy atom. The van der Waals surface area contributed by atoms with Gasteiger partial charge in [0.2, 0.25) is 5.91 Å². The third kappa shape index (κ3) is 4.18. The Morgan fingerprint density at radius 2 is 2.05 bits per heavy atom. The van der Waals surface area contributed by atoms with Crippen molar-refractivity contribution >= 4 is 5.91 Å². The molecule has 0 aromatic carbocycles. The summed E-state index contributed by atoms with van der Waals surface area (Å²) in [5, 5.41) is 7.85. The molecule has 0 bridgehead atoms. The number of aromatic nitrogens is 2. The predicted molar refractivity (Wildman–Crippen MR) is 65.9 cm³/mol. The van der Waals surface area contributed by atoms with Gasteiger partial charge in [0.25, 0.3) is 0 Å². The molecule has 0 spiro atoms. The van der Waals surface area contributed by atoms with Crippen LogP contribution in [0.5, 0.6) is 0 Å². The Balaban J connectivity index is 1.81. The van der Waals surface area contributed by atoms with E-state index in [2.05, 4.69) is 10.2 Å². The zero-order valence-corrected chi connectivity index (χ0v) is 10.9. The van der Waals surface area contributed by atoms with Crippen LogP contribution in [0.15, 0.2) is 18.3 Å². The van der Waals surface area contributed by atoms with Gasteiger partial charge in [0, 0.05) is 31.6 Å². The summed E-state index contributed by atoms with van der Waals surface area (Å²) in [5.41, 5.74) is 0.884. The van der Waals surface area contributed by atoms with Crippen LogP contribution in [0.2, 0.25) is 0 Å². The first-order chi connectivity index (χ1) is 9.46. The van der Waals surface area contributed by atoms with E-state index in [9.17, 15) is 18.0 Å². The lowest BCUT2D eigenvalue weighted by Crippen LogP contribution is -2.38. The SMILES string of the molecule is O=C(CCC(F)(F)F)N1CCC(c2cccnn2)CC1. The second-order valence-corrected chi connectivity index (χ2v) is 4.92. The summed E-state index contributed by atoms with van der Waals surface area (Å²) in [6, 6.07) is 3.70. The van der Waals surface area contributed by atoms with Crippen LogP contribution in [0.3, 0.4) is 0 Å². The molecule has 0 N–H and O–H groups in total. The second kappa shape index (κ2) is 6.19. The number of hydrogen-bond donors (Lipinski definition) is 0. The molecular formula is C13H16F3N3O. The number of rotatable bonds is 3. The van der Waals surface area contributed by atoms with E-state index in [1.807, 2.05) is 12.1 Å². The van der Waals surface area contributed by atoms with Crippen LogP contribution < -0.4 is 0 Å². The maximum absolute atomic E-state index is 12.1. The largest absolute Gasteiger partial charge is 0.389 e. The van der Waals surface area contributed by atoms with Gasteiger partial charge in [-0.15, -0.1) is 0 Å². The summed E-state index contributed by atoms with van der Waals surface area (Å²) in [7, 11) is 0. The number of nitrogens with zero attached hydrogens (tertiary/aromatic N) is 3. The first-order valence-corrected chi connectivity index (χ1v) is 6.58. The lowest BCUT2D eigenvalue weighted by molar-refractivity contribution is -0.149. The fourth-order valence-corrected chi connectivity index (χ4v) is 2.36. The van der Waals surface area contributed by atoms with Crippen LogP contribution >= 0.6 is 0 Å². The summed E-state index contributed by atoms with van der Waals surface area (Å²) in [5.74, 6) is -0.185. The lowest BCUT2D eigenvalue weighted by atomic mass is 9.93. The van der Waals surface area contributed by atoms with E-state index in [0.717, 1.165) is 18.5 Å². The molecule has 1 aromatic heterocycles. The molecule has 20 heavy (non-hydrogen) atoms. The Hall–Kier alpha value is -1.66. The van der Waals surface area contributed by atoms with E-state index >= 15 is 0 Å². The molecule has 0 saturated carbocycles. The van der Waals surface area contributed by atoms with Gasteiger partial charge in [0.05, 0.1) is 12.1 Å². The molecule has 1 amide bonds. The van der Waals surface area contributed by atoms with Crippen LogP contribution in [0.1, 0.15) is 37.3 Å². The fraction of sp³-hybridized carbons (Fsp3) is 0.615. The molecule has 1 fully saturated rings. The van der Waals surface area contributed by atoms with Gasteiger partial charge in [-0.3, -0.25) is 4.79 Å². The van der Waals surface area contributed by atoms with Crippen LogP contribution in [0, 0.1) is 0 Å². The van der Waals surface area contributed by atoms with Gasteiger partial charge in [-0.1, -0.05) is 0 Å². The van der Waals surface area contributed by atoms with Crippen LogP contribution in [0.25, 0.3) is 0 Å². The molecule has 0 aliphatic carbocycles. The van der Waals surface area contributed by atoms with Gasteiger partial charge in [-0.2, -0.15) is 23.4 Å². The van der Waals surface area contributed by atoms with E-state index in [-0.39, 0.29) is 5.92 Å². The first kappa shape index (κ1) is 14.7. The molecule has 0 atom stereocenters. The second-order valence-electron chi connectivity index (χ2n) is 4.92. The summed E-state index contributed by atoms with van der Waals surface area (Å²) in [4.78, 5) is 13.2. The maximum Gasteiger partial charge on any atom is 0.389 e. The van der Waals surface area contributed by atoms with E-state index in [4.69, 9.17) is 0 Å². The number of hydrogen-bond acceptors (Lipinski definition) is 3.